The van der Waals surface area contributed by atoms with E-state index in [4.69, 9.17) is 9.26 Å². The van der Waals surface area contributed by atoms with E-state index in [0.29, 0.717) is 28.2 Å². The number of Topliss-reactive ketones (excluding diaryl/α,β-unsaturated/α-hetero) is 1. The summed E-state index contributed by atoms with van der Waals surface area (Å²) in [6.45, 7) is 5.07. The van der Waals surface area contributed by atoms with Gasteiger partial charge in [-0.3, -0.25) is 19.1 Å². The molecule has 0 N–H and O–H groups in total. The summed E-state index contributed by atoms with van der Waals surface area (Å²) >= 11 is 0. The first-order valence-electron chi connectivity index (χ1n) is 11.8. The standard InChI is InChI=1S/C28H26N4O5/c1-17-14-22(24(33)16-36-26(34)15-23-21-12-8-9-13-25(21)37-29-23)18(2)31(17)27-19(3)30(4)32(28(27)35)20-10-6-5-7-11-20/h5-14H,15-16H2,1-4H3. The lowest BCUT2D eigenvalue weighted by atomic mass is 10.1. The second-order valence-electron chi connectivity index (χ2n) is 8.92. The van der Waals surface area contributed by atoms with E-state index >= 15 is 0 Å². The Bertz CT molecular complexity index is 1700. The minimum Gasteiger partial charge on any atom is -0.457 e. The van der Waals surface area contributed by atoms with Crippen molar-refractivity contribution < 1.29 is 18.8 Å². The molecule has 0 unspecified atom stereocenters. The predicted octanol–water partition coefficient (Wildman–Crippen LogP) is 4.00. The molecule has 5 rings (SSSR count). The highest BCUT2D eigenvalue weighted by molar-refractivity contribution is 5.99. The number of aromatic nitrogens is 4. The second-order valence-corrected chi connectivity index (χ2v) is 8.92. The van der Waals surface area contributed by atoms with Crippen LogP contribution in [0.2, 0.25) is 0 Å². The van der Waals surface area contributed by atoms with Crippen molar-refractivity contribution in [2.45, 2.75) is 27.2 Å². The molecule has 0 saturated carbocycles. The third-order valence-electron chi connectivity index (χ3n) is 6.61. The van der Waals surface area contributed by atoms with Crippen LogP contribution in [0.25, 0.3) is 22.3 Å². The molecule has 9 heteroatoms. The maximum absolute atomic E-state index is 13.5. The number of carbonyl (C=O) groups is 2. The van der Waals surface area contributed by atoms with Crippen molar-refractivity contribution in [2.24, 2.45) is 7.05 Å². The lowest BCUT2D eigenvalue weighted by molar-refractivity contribution is -0.141. The number of esters is 1. The molecule has 0 fully saturated rings. The number of benzene rings is 2. The largest absolute Gasteiger partial charge is 0.457 e. The molecule has 0 aliphatic rings. The number of carbonyl (C=O) groups excluding carboxylic acids is 2. The Labute approximate surface area is 212 Å². The molecule has 5 aromatic rings. The zero-order valence-electron chi connectivity index (χ0n) is 21.0. The van der Waals surface area contributed by atoms with Gasteiger partial charge in [0.05, 0.1) is 17.8 Å². The van der Waals surface area contributed by atoms with Crippen LogP contribution >= 0.6 is 0 Å². The Hall–Kier alpha value is -4.66. The summed E-state index contributed by atoms with van der Waals surface area (Å²) in [5.74, 6) is -0.930. The third-order valence-corrected chi connectivity index (χ3v) is 6.61. The van der Waals surface area contributed by atoms with E-state index in [1.807, 2.05) is 69.4 Å². The zero-order chi connectivity index (χ0) is 26.3. The first-order valence-corrected chi connectivity index (χ1v) is 11.8. The highest BCUT2D eigenvalue weighted by Gasteiger charge is 2.24. The number of hydrogen-bond acceptors (Lipinski definition) is 6. The third kappa shape index (κ3) is 4.18. The van der Waals surface area contributed by atoms with Crippen LogP contribution in [0.15, 0.2) is 70.0 Å². The van der Waals surface area contributed by atoms with Gasteiger partial charge in [-0.25, -0.2) is 4.68 Å². The van der Waals surface area contributed by atoms with Crippen molar-refractivity contribution >= 4 is 22.7 Å². The van der Waals surface area contributed by atoms with Crippen LogP contribution in [-0.4, -0.2) is 37.4 Å². The smallest absolute Gasteiger partial charge is 0.312 e. The lowest BCUT2D eigenvalue weighted by Crippen LogP contribution is -2.22. The van der Waals surface area contributed by atoms with Gasteiger partial charge in [-0.1, -0.05) is 35.5 Å². The fourth-order valence-corrected chi connectivity index (χ4v) is 4.68. The first kappa shape index (κ1) is 24.1. The van der Waals surface area contributed by atoms with Crippen LogP contribution in [0.5, 0.6) is 0 Å². The molecule has 0 saturated heterocycles. The summed E-state index contributed by atoms with van der Waals surface area (Å²) in [6, 6.07) is 18.3. The van der Waals surface area contributed by atoms with Gasteiger partial charge in [-0.05, 0) is 51.1 Å². The molecule has 0 amide bonds. The molecule has 3 heterocycles. The normalized spacial score (nSPS) is 11.2. The van der Waals surface area contributed by atoms with E-state index < -0.39 is 12.6 Å². The number of ether oxygens (including phenoxy) is 1. The summed E-state index contributed by atoms with van der Waals surface area (Å²) in [6.07, 6.45) is -0.106. The fourth-order valence-electron chi connectivity index (χ4n) is 4.68. The molecule has 0 aliphatic carbocycles. The van der Waals surface area contributed by atoms with Gasteiger partial charge in [-0.15, -0.1) is 0 Å². The molecule has 0 bridgehead atoms. The number of fused-ring (bicyclic) bond motifs is 1. The van der Waals surface area contributed by atoms with Gasteiger partial charge in [0.1, 0.15) is 11.4 Å². The molecule has 37 heavy (non-hydrogen) atoms. The van der Waals surface area contributed by atoms with Gasteiger partial charge in [-0.2, -0.15) is 0 Å². The number of rotatable bonds is 7. The Morgan fingerprint density at radius 2 is 1.68 bits per heavy atom. The van der Waals surface area contributed by atoms with Crippen molar-refractivity contribution in [1.29, 1.82) is 0 Å². The van der Waals surface area contributed by atoms with E-state index in [-0.39, 0.29) is 17.8 Å². The Kier molecular flexibility index (Phi) is 6.12. The van der Waals surface area contributed by atoms with Crippen molar-refractivity contribution in [2.75, 3.05) is 6.61 Å². The van der Waals surface area contributed by atoms with Gasteiger partial charge in [0, 0.05) is 29.4 Å². The number of aryl methyl sites for hydroxylation is 1. The van der Waals surface area contributed by atoms with Gasteiger partial charge < -0.3 is 13.8 Å². The minimum atomic E-state index is -0.578. The molecule has 0 aliphatic heterocycles. The van der Waals surface area contributed by atoms with Gasteiger partial charge in [0.25, 0.3) is 5.56 Å². The van der Waals surface area contributed by atoms with E-state index in [1.165, 1.54) is 0 Å². The van der Waals surface area contributed by atoms with Crippen LogP contribution in [-0.2, 0) is 23.0 Å². The van der Waals surface area contributed by atoms with Crippen molar-refractivity contribution in [3.05, 3.63) is 99.4 Å². The molecule has 0 radical (unpaired) electrons. The van der Waals surface area contributed by atoms with Crippen LogP contribution in [0.4, 0.5) is 0 Å². The number of ketones is 1. The molecular weight excluding hydrogens is 472 g/mol. The van der Waals surface area contributed by atoms with Crippen LogP contribution in [0.3, 0.4) is 0 Å². The summed E-state index contributed by atoms with van der Waals surface area (Å²) in [5, 5.41) is 4.66. The SMILES string of the molecule is Cc1cc(C(=O)COC(=O)Cc2noc3ccccc23)c(C)n1-c1c(C)n(C)n(-c2ccccc2)c1=O. The molecule has 0 spiro atoms. The van der Waals surface area contributed by atoms with Gasteiger partial charge >= 0.3 is 5.97 Å². The molecule has 2 aromatic carbocycles. The minimum absolute atomic E-state index is 0.106. The summed E-state index contributed by atoms with van der Waals surface area (Å²) < 4.78 is 15.7. The molecular formula is C28H26N4O5. The fraction of sp³-hybridized carbons (Fsp3) is 0.214. The molecule has 188 valence electrons. The second kappa shape index (κ2) is 9.42. The average Bonchev–Trinajstić information content (AvgIpc) is 3.50. The Morgan fingerprint density at radius 1 is 0.973 bits per heavy atom. The maximum atomic E-state index is 13.5. The van der Waals surface area contributed by atoms with E-state index in [2.05, 4.69) is 5.16 Å². The highest BCUT2D eigenvalue weighted by atomic mass is 16.5. The van der Waals surface area contributed by atoms with Crippen molar-refractivity contribution in [1.82, 2.24) is 19.1 Å². The van der Waals surface area contributed by atoms with Gasteiger partial charge in [0.2, 0.25) is 5.78 Å². The van der Waals surface area contributed by atoms with Crippen LogP contribution < -0.4 is 5.56 Å². The van der Waals surface area contributed by atoms with Crippen molar-refractivity contribution in [3.8, 4) is 11.4 Å². The van der Waals surface area contributed by atoms with Crippen LogP contribution in [0.1, 0.15) is 33.1 Å². The van der Waals surface area contributed by atoms with E-state index in [1.54, 1.807) is 33.0 Å². The summed E-state index contributed by atoms with van der Waals surface area (Å²) in [4.78, 5) is 39.0. The van der Waals surface area contributed by atoms with Crippen molar-refractivity contribution in [3.63, 3.8) is 0 Å². The van der Waals surface area contributed by atoms with E-state index in [9.17, 15) is 14.4 Å². The summed E-state index contributed by atoms with van der Waals surface area (Å²) in [5.41, 5.74) is 4.53. The maximum Gasteiger partial charge on any atom is 0.312 e. The molecule has 3 aromatic heterocycles. The van der Waals surface area contributed by atoms with Gasteiger partial charge in [0.15, 0.2) is 12.2 Å². The predicted molar refractivity (Wildman–Crippen MR) is 138 cm³/mol. The van der Waals surface area contributed by atoms with E-state index in [0.717, 1.165) is 22.5 Å². The topological polar surface area (TPSA) is 101 Å². The highest BCUT2D eigenvalue weighted by Crippen LogP contribution is 2.23. The Morgan fingerprint density at radius 3 is 2.43 bits per heavy atom. The monoisotopic (exact) mass is 498 g/mol. The first-order chi connectivity index (χ1) is 17.8. The zero-order valence-corrected chi connectivity index (χ0v) is 21.0. The van der Waals surface area contributed by atoms with Crippen LogP contribution in [0, 0.1) is 20.8 Å². The number of nitrogens with zero attached hydrogens (tertiary/aromatic N) is 4. The number of hydrogen-bond donors (Lipinski definition) is 0. The molecule has 0 atom stereocenters. The quantitative estimate of drug-likeness (QED) is 0.248. The summed E-state index contributed by atoms with van der Waals surface area (Å²) in [7, 11) is 1.82. The Balaban J connectivity index is 1.38. The molecule has 9 nitrogen and oxygen atoms in total. The number of para-hydroxylation sites is 2. The lowest BCUT2D eigenvalue weighted by Gasteiger charge is -2.09. The average molecular weight is 499 g/mol.